The molecule has 0 radical (unpaired) electrons. The molecule has 2 amide bonds. The summed E-state index contributed by atoms with van der Waals surface area (Å²) >= 11 is 0. The van der Waals surface area contributed by atoms with Crippen LogP contribution in [0, 0.1) is 5.92 Å². The van der Waals surface area contributed by atoms with Crippen LogP contribution in [0.25, 0.3) is 0 Å². The molecule has 1 heterocycles. The first kappa shape index (κ1) is 17.4. The Labute approximate surface area is 124 Å². The van der Waals surface area contributed by atoms with Gasteiger partial charge in [-0.25, -0.2) is 4.79 Å². The number of nitrogens with one attached hydrogen (secondary N) is 1. The highest BCUT2D eigenvalue weighted by Crippen LogP contribution is 2.17. The summed E-state index contributed by atoms with van der Waals surface area (Å²) in [4.78, 5) is 36.3. The van der Waals surface area contributed by atoms with Crippen molar-refractivity contribution in [2.75, 3.05) is 26.8 Å². The monoisotopic (exact) mass is 300 g/mol. The number of rotatable bonds is 7. The fourth-order valence-corrected chi connectivity index (χ4v) is 2.46. The minimum Gasteiger partial charge on any atom is -0.480 e. The van der Waals surface area contributed by atoms with Crippen LogP contribution in [-0.2, 0) is 19.1 Å². The Kier molecular flexibility index (Phi) is 7.14. The molecular weight excluding hydrogens is 276 g/mol. The molecule has 1 rings (SSSR count). The van der Waals surface area contributed by atoms with Crippen LogP contribution >= 0.6 is 0 Å². The third-order valence-corrected chi connectivity index (χ3v) is 3.69. The molecule has 7 nitrogen and oxygen atoms in total. The number of nitrogens with zero attached hydrogens (tertiary/aromatic N) is 1. The largest absolute Gasteiger partial charge is 0.480 e. The summed E-state index contributed by atoms with van der Waals surface area (Å²) < 4.78 is 4.88. The average Bonchev–Trinajstić information content (AvgIpc) is 2.46. The molecule has 0 aliphatic carbocycles. The van der Waals surface area contributed by atoms with Crippen molar-refractivity contribution < 1.29 is 24.2 Å². The van der Waals surface area contributed by atoms with E-state index in [9.17, 15) is 14.4 Å². The predicted molar refractivity (Wildman–Crippen MR) is 75.7 cm³/mol. The number of carboxylic acid groups (broad SMARTS) is 1. The summed E-state index contributed by atoms with van der Waals surface area (Å²) in [6.07, 6.45) is 2.34. The zero-order valence-electron chi connectivity index (χ0n) is 12.6. The smallest absolute Gasteiger partial charge is 0.326 e. The molecule has 1 aliphatic rings. The number of piperidine rings is 1. The van der Waals surface area contributed by atoms with Gasteiger partial charge in [0, 0.05) is 33.7 Å². The van der Waals surface area contributed by atoms with E-state index in [0.29, 0.717) is 39.0 Å². The van der Waals surface area contributed by atoms with E-state index in [4.69, 9.17) is 9.84 Å². The maximum absolute atomic E-state index is 12.2. The van der Waals surface area contributed by atoms with Gasteiger partial charge in [0.1, 0.15) is 6.04 Å². The van der Waals surface area contributed by atoms with Crippen LogP contribution in [-0.4, -0.2) is 60.6 Å². The second-order valence-electron chi connectivity index (χ2n) is 5.34. The van der Waals surface area contributed by atoms with Crippen LogP contribution in [0.1, 0.15) is 32.6 Å². The second-order valence-corrected chi connectivity index (χ2v) is 5.34. The number of hydrogen-bond donors (Lipinski definition) is 2. The third-order valence-electron chi connectivity index (χ3n) is 3.69. The predicted octanol–water partition coefficient (Wildman–Crippen LogP) is 0.241. The van der Waals surface area contributed by atoms with Crippen molar-refractivity contribution in [1.82, 2.24) is 10.2 Å². The Morgan fingerprint density at radius 3 is 2.71 bits per heavy atom. The maximum atomic E-state index is 12.2. The van der Waals surface area contributed by atoms with Gasteiger partial charge in [0.25, 0.3) is 0 Å². The Morgan fingerprint density at radius 2 is 2.14 bits per heavy atom. The molecular formula is C14H24N2O5. The zero-order valence-corrected chi connectivity index (χ0v) is 12.6. The van der Waals surface area contributed by atoms with Gasteiger partial charge in [-0.05, 0) is 25.7 Å². The number of carboxylic acids is 1. The van der Waals surface area contributed by atoms with Crippen molar-refractivity contribution in [2.24, 2.45) is 5.92 Å². The number of carbonyl (C=O) groups excluding carboxylic acids is 2. The molecule has 0 spiro atoms. The van der Waals surface area contributed by atoms with Crippen molar-refractivity contribution >= 4 is 17.8 Å². The lowest BCUT2D eigenvalue weighted by atomic mass is 9.96. The van der Waals surface area contributed by atoms with Crippen molar-refractivity contribution in [2.45, 2.75) is 38.6 Å². The fourth-order valence-electron chi connectivity index (χ4n) is 2.46. The van der Waals surface area contributed by atoms with Crippen molar-refractivity contribution in [3.05, 3.63) is 0 Å². The molecule has 0 bridgehead atoms. The van der Waals surface area contributed by atoms with Crippen LogP contribution in [0.4, 0.5) is 0 Å². The van der Waals surface area contributed by atoms with Gasteiger partial charge in [-0.15, -0.1) is 0 Å². The van der Waals surface area contributed by atoms with E-state index in [0.717, 1.165) is 6.42 Å². The summed E-state index contributed by atoms with van der Waals surface area (Å²) in [5.74, 6) is -1.71. The molecule has 2 N–H and O–H groups in total. The SMILES string of the molecule is COCCCC(NC(=O)C1CCCN(C(C)=O)C1)C(=O)O. The van der Waals surface area contributed by atoms with Crippen molar-refractivity contribution in [3.8, 4) is 0 Å². The number of aliphatic carboxylic acids is 1. The first-order chi connectivity index (χ1) is 9.95. The van der Waals surface area contributed by atoms with Gasteiger partial charge < -0.3 is 20.1 Å². The number of amides is 2. The molecule has 1 aliphatic heterocycles. The van der Waals surface area contributed by atoms with Crippen LogP contribution in [0.5, 0.6) is 0 Å². The van der Waals surface area contributed by atoms with E-state index in [1.807, 2.05) is 0 Å². The minimum atomic E-state index is -1.04. The summed E-state index contributed by atoms with van der Waals surface area (Å²) in [6, 6.07) is -0.902. The maximum Gasteiger partial charge on any atom is 0.326 e. The van der Waals surface area contributed by atoms with E-state index in [1.165, 1.54) is 6.92 Å². The van der Waals surface area contributed by atoms with E-state index in [1.54, 1.807) is 12.0 Å². The number of likely N-dealkylation sites (tertiary alicyclic amines) is 1. The average molecular weight is 300 g/mol. The molecule has 0 aromatic carbocycles. The van der Waals surface area contributed by atoms with Gasteiger partial charge in [-0.2, -0.15) is 0 Å². The highest BCUT2D eigenvalue weighted by Gasteiger charge is 2.29. The number of hydrogen-bond acceptors (Lipinski definition) is 4. The quantitative estimate of drug-likeness (QED) is 0.657. The molecule has 1 saturated heterocycles. The van der Waals surface area contributed by atoms with Crippen molar-refractivity contribution in [1.29, 1.82) is 0 Å². The Bertz CT molecular complexity index is 386. The molecule has 120 valence electrons. The van der Waals surface area contributed by atoms with Crippen LogP contribution in [0.3, 0.4) is 0 Å². The zero-order chi connectivity index (χ0) is 15.8. The Hall–Kier alpha value is -1.63. The first-order valence-electron chi connectivity index (χ1n) is 7.23. The standard InChI is InChI=1S/C14H24N2O5/c1-10(17)16-7-3-5-11(9-16)13(18)15-12(14(19)20)6-4-8-21-2/h11-12H,3-9H2,1-2H3,(H,15,18)(H,19,20). The van der Waals surface area contributed by atoms with Crippen molar-refractivity contribution in [3.63, 3.8) is 0 Å². The summed E-state index contributed by atoms with van der Waals surface area (Å²) in [7, 11) is 1.55. The van der Waals surface area contributed by atoms with E-state index in [-0.39, 0.29) is 17.7 Å². The second kappa shape index (κ2) is 8.61. The normalized spacial score (nSPS) is 19.9. The van der Waals surface area contributed by atoms with E-state index in [2.05, 4.69) is 5.32 Å². The number of carbonyl (C=O) groups is 3. The lowest BCUT2D eigenvalue weighted by molar-refractivity contribution is -0.143. The van der Waals surface area contributed by atoms with Gasteiger partial charge in [0.15, 0.2) is 0 Å². The highest BCUT2D eigenvalue weighted by molar-refractivity contribution is 5.85. The van der Waals surface area contributed by atoms with Gasteiger partial charge in [-0.1, -0.05) is 0 Å². The summed E-state index contributed by atoms with van der Waals surface area (Å²) in [6.45, 7) is 2.97. The molecule has 2 atom stereocenters. The van der Waals surface area contributed by atoms with Gasteiger partial charge in [0.2, 0.25) is 11.8 Å². The molecule has 0 saturated carbocycles. The van der Waals surface area contributed by atoms with Gasteiger partial charge in [-0.3, -0.25) is 9.59 Å². The number of ether oxygens (including phenoxy) is 1. The molecule has 1 fully saturated rings. The lowest BCUT2D eigenvalue weighted by Gasteiger charge is -2.31. The minimum absolute atomic E-state index is 0.0534. The summed E-state index contributed by atoms with van der Waals surface area (Å²) in [5, 5.41) is 11.7. The van der Waals surface area contributed by atoms with Crippen LogP contribution in [0.2, 0.25) is 0 Å². The topological polar surface area (TPSA) is 95.9 Å². The first-order valence-corrected chi connectivity index (χ1v) is 7.23. The van der Waals surface area contributed by atoms with Crippen LogP contribution in [0.15, 0.2) is 0 Å². The summed E-state index contributed by atoms with van der Waals surface area (Å²) in [5.41, 5.74) is 0. The Balaban J connectivity index is 2.52. The van der Waals surface area contributed by atoms with E-state index >= 15 is 0 Å². The number of methoxy groups -OCH3 is 1. The fraction of sp³-hybridized carbons (Fsp3) is 0.786. The molecule has 0 aromatic rings. The third kappa shape index (κ3) is 5.71. The van der Waals surface area contributed by atoms with Gasteiger partial charge >= 0.3 is 5.97 Å². The molecule has 21 heavy (non-hydrogen) atoms. The Morgan fingerprint density at radius 1 is 1.43 bits per heavy atom. The highest BCUT2D eigenvalue weighted by atomic mass is 16.5. The van der Waals surface area contributed by atoms with Gasteiger partial charge in [0.05, 0.1) is 5.92 Å². The van der Waals surface area contributed by atoms with E-state index < -0.39 is 12.0 Å². The lowest BCUT2D eigenvalue weighted by Crippen LogP contribution is -2.49. The van der Waals surface area contributed by atoms with Crippen LogP contribution < -0.4 is 5.32 Å². The molecule has 7 heteroatoms. The molecule has 0 aromatic heterocycles. The molecule has 2 unspecified atom stereocenters.